The van der Waals surface area contributed by atoms with E-state index in [2.05, 4.69) is 10.3 Å². The van der Waals surface area contributed by atoms with E-state index in [1.54, 1.807) is 18.3 Å². The van der Waals surface area contributed by atoms with E-state index in [1.165, 1.54) is 18.2 Å². The number of hydrogen-bond donors (Lipinski definition) is 1. The second kappa shape index (κ2) is 6.84. The van der Waals surface area contributed by atoms with Crippen LogP contribution in [0, 0.1) is 12.7 Å². The summed E-state index contributed by atoms with van der Waals surface area (Å²) in [4.78, 5) is 16.4. The molecule has 0 spiro atoms. The average molecular weight is 344 g/mol. The summed E-state index contributed by atoms with van der Waals surface area (Å²) in [6, 6.07) is 11.4. The maximum Gasteiger partial charge on any atom is 0.255 e. The van der Waals surface area contributed by atoms with E-state index in [-0.39, 0.29) is 10.9 Å². The van der Waals surface area contributed by atoms with Crippen molar-refractivity contribution < 1.29 is 9.18 Å². The second-order valence-electron chi connectivity index (χ2n) is 5.38. The lowest BCUT2D eigenvalue weighted by atomic mass is 10.1. The number of carbonyl (C=O) groups excluding carboxylic acids is 1. The van der Waals surface area contributed by atoms with Gasteiger partial charge in [0.05, 0.1) is 5.02 Å². The average Bonchev–Trinajstić information content (AvgIpc) is 2.97. The van der Waals surface area contributed by atoms with Gasteiger partial charge < -0.3 is 9.88 Å². The van der Waals surface area contributed by atoms with Crippen molar-refractivity contribution in [2.45, 2.75) is 13.5 Å². The van der Waals surface area contributed by atoms with E-state index < -0.39 is 5.82 Å². The van der Waals surface area contributed by atoms with Crippen molar-refractivity contribution in [1.29, 1.82) is 0 Å². The molecule has 0 unspecified atom stereocenters. The van der Waals surface area contributed by atoms with E-state index in [1.807, 2.05) is 29.8 Å². The van der Waals surface area contributed by atoms with Gasteiger partial charge in [0.25, 0.3) is 5.91 Å². The monoisotopic (exact) mass is 343 g/mol. The third-order valence-corrected chi connectivity index (χ3v) is 3.96. The molecule has 0 aliphatic rings. The molecule has 2 aromatic carbocycles. The van der Waals surface area contributed by atoms with Crippen molar-refractivity contribution in [2.24, 2.45) is 0 Å². The van der Waals surface area contributed by atoms with Gasteiger partial charge in [0.2, 0.25) is 0 Å². The summed E-state index contributed by atoms with van der Waals surface area (Å²) in [5.74, 6) is 0.141. The van der Waals surface area contributed by atoms with Crippen LogP contribution in [0.4, 0.5) is 10.1 Å². The summed E-state index contributed by atoms with van der Waals surface area (Å²) in [6.07, 6.45) is 3.67. The quantitative estimate of drug-likeness (QED) is 0.768. The summed E-state index contributed by atoms with van der Waals surface area (Å²) in [6.45, 7) is 2.64. The maximum atomic E-state index is 13.1. The lowest BCUT2D eigenvalue weighted by molar-refractivity contribution is 0.102. The molecule has 1 aromatic heterocycles. The van der Waals surface area contributed by atoms with Crippen LogP contribution < -0.4 is 5.32 Å². The zero-order valence-corrected chi connectivity index (χ0v) is 13.7. The normalized spacial score (nSPS) is 10.6. The van der Waals surface area contributed by atoms with E-state index in [9.17, 15) is 9.18 Å². The van der Waals surface area contributed by atoms with Crippen LogP contribution in [0.1, 0.15) is 21.7 Å². The molecule has 0 aliphatic carbocycles. The molecular formula is C18H15ClFN3O. The van der Waals surface area contributed by atoms with Crippen molar-refractivity contribution in [1.82, 2.24) is 9.55 Å². The van der Waals surface area contributed by atoms with Crippen LogP contribution in [0.3, 0.4) is 0 Å². The Morgan fingerprint density at radius 1 is 1.25 bits per heavy atom. The fraction of sp³-hybridized carbons (Fsp3) is 0.111. The minimum atomic E-state index is -0.520. The summed E-state index contributed by atoms with van der Waals surface area (Å²) in [7, 11) is 0. The molecule has 1 N–H and O–H groups in total. The van der Waals surface area contributed by atoms with Crippen molar-refractivity contribution >= 4 is 23.2 Å². The highest BCUT2D eigenvalue weighted by Gasteiger charge is 2.08. The van der Waals surface area contributed by atoms with Crippen molar-refractivity contribution in [2.75, 3.05) is 5.32 Å². The van der Waals surface area contributed by atoms with Gasteiger partial charge in [-0.15, -0.1) is 0 Å². The molecule has 1 heterocycles. The highest BCUT2D eigenvalue weighted by molar-refractivity contribution is 6.31. The number of aromatic nitrogens is 2. The van der Waals surface area contributed by atoms with Gasteiger partial charge in [-0.25, -0.2) is 9.37 Å². The number of nitrogens with zero attached hydrogens (tertiary/aromatic N) is 2. The predicted octanol–water partition coefficient (Wildman–Crippen LogP) is 4.28. The van der Waals surface area contributed by atoms with Crippen LogP contribution in [0.2, 0.25) is 5.02 Å². The Labute approximate surface area is 143 Å². The van der Waals surface area contributed by atoms with Gasteiger partial charge in [0, 0.05) is 30.2 Å². The number of benzene rings is 2. The van der Waals surface area contributed by atoms with Crippen LogP contribution in [-0.4, -0.2) is 15.5 Å². The maximum absolute atomic E-state index is 13.1. The van der Waals surface area contributed by atoms with Crippen molar-refractivity contribution in [3.8, 4) is 0 Å². The summed E-state index contributed by atoms with van der Waals surface area (Å²) >= 11 is 5.71. The first-order valence-corrected chi connectivity index (χ1v) is 7.74. The summed E-state index contributed by atoms with van der Waals surface area (Å²) in [5, 5.41) is 2.67. The zero-order chi connectivity index (χ0) is 17.1. The number of hydrogen-bond acceptors (Lipinski definition) is 2. The number of aryl methyl sites for hydroxylation is 1. The molecule has 0 saturated carbocycles. The van der Waals surface area contributed by atoms with Crippen LogP contribution >= 0.6 is 11.6 Å². The van der Waals surface area contributed by atoms with Gasteiger partial charge in [-0.05, 0) is 42.8 Å². The largest absolute Gasteiger partial charge is 0.331 e. The van der Waals surface area contributed by atoms with Crippen molar-refractivity contribution in [3.05, 3.63) is 82.6 Å². The first-order chi connectivity index (χ1) is 11.5. The molecule has 3 aromatic rings. The van der Waals surface area contributed by atoms with Crippen LogP contribution in [0.15, 0.2) is 54.9 Å². The van der Waals surface area contributed by atoms with Crippen molar-refractivity contribution in [3.63, 3.8) is 0 Å². The second-order valence-corrected chi connectivity index (χ2v) is 5.79. The Kier molecular flexibility index (Phi) is 4.62. The Balaban J connectivity index is 1.69. The third-order valence-electron chi connectivity index (χ3n) is 3.67. The lowest BCUT2D eigenvalue weighted by Gasteiger charge is -2.08. The molecule has 0 radical (unpaired) electrons. The smallest absolute Gasteiger partial charge is 0.255 e. The molecule has 122 valence electrons. The number of imidazole rings is 1. The summed E-state index contributed by atoms with van der Waals surface area (Å²) in [5.41, 5.74) is 2.03. The van der Waals surface area contributed by atoms with Gasteiger partial charge >= 0.3 is 0 Å². The van der Waals surface area contributed by atoms with E-state index in [0.29, 0.717) is 17.8 Å². The summed E-state index contributed by atoms with van der Waals surface area (Å²) < 4.78 is 15.2. The minimum Gasteiger partial charge on any atom is -0.331 e. The standard InChI is InChI=1S/C18H15ClFN3O/c1-12-21-8-9-23(12)11-13-2-4-14(5-3-13)18(24)22-15-6-7-17(20)16(19)10-15/h2-10H,11H2,1H3,(H,22,24). The van der Waals surface area contributed by atoms with Gasteiger partial charge in [-0.2, -0.15) is 0 Å². The third kappa shape index (κ3) is 3.63. The van der Waals surface area contributed by atoms with Crippen LogP contribution in [-0.2, 0) is 6.54 Å². The van der Waals surface area contributed by atoms with Crippen LogP contribution in [0.5, 0.6) is 0 Å². The lowest BCUT2D eigenvalue weighted by Crippen LogP contribution is -2.12. The highest BCUT2D eigenvalue weighted by Crippen LogP contribution is 2.20. The molecular weight excluding hydrogens is 329 g/mol. The molecule has 24 heavy (non-hydrogen) atoms. The van der Waals surface area contributed by atoms with Gasteiger partial charge in [0.1, 0.15) is 11.6 Å². The number of amides is 1. The molecule has 0 saturated heterocycles. The van der Waals surface area contributed by atoms with E-state index >= 15 is 0 Å². The zero-order valence-electron chi connectivity index (χ0n) is 13.0. The molecule has 6 heteroatoms. The van der Waals surface area contributed by atoms with E-state index in [4.69, 9.17) is 11.6 Å². The number of halogens is 2. The topological polar surface area (TPSA) is 46.9 Å². The molecule has 1 amide bonds. The van der Waals surface area contributed by atoms with Crippen LogP contribution in [0.25, 0.3) is 0 Å². The first-order valence-electron chi connectivity index (χ1n) is 7.36. The number of rotatable bonds is 4. The van der Waals surface area contributed by atoms with Gasteiger partial charge in [0.15, 0.2) is 0 Å². The number of carbonyl (C=O) groups is 1. The van der Waals surface area contributed by atoms with Gasteiger partial charge in [-0.3, -0.25) is 4.79 Å². The molecule has 3 rings (SSSR count). The van der Waals surface area contributed by atoms with Gasteiger partial charge in [-0.1, -0.05) is 23.7 Å². The fourth-order valence-electron chi connectivity index (χ4n) is 2.31. The Morgan fingerprint density at radius 2 is 2.00 bits per heavy atom. The molecule has 0 fully saturated rings. The molecule has 0 atom stereocenters. The molecule has 4 nitrogen and oxygen atoms in total. The minimum absolute atomic E-state index is 0.0288. The van der Waals surface area contributed by atoms with E-state index in [0.717, 1.165) is 11.4 Å². The predicted molar refractivity (Wildman–Crippen MR) is 91.9 cm³/mol. The highest BCUT2D eigenvalue weighted by atomic mass is 35.5. The fourth-order valence-corrected chi connectivity index (χ4v) is 2.49. The number of anilines is 1. The Hall–Kier alpha value is -2.66. The SMILES string of the molecule is Cc1nccn1Cc1ccc(C(=O)Nc2ccc(F)c(Cl)c2)cc1. The number of nitrogens with one attached hydrogen (secondary N) is 1. The molecule has 0 aliphatic heterocycles. The Bertz CT molecular complexity index is 874. The molecule has 0 bridgehead atoms. The first kappa shape index (κ1) is 16.2. The Morgan fingerprint density at radius 3 is 2.62 bits per heavy atom.